The highest BCUT2D eigenvalue weighted by molar-refractivity contribution is 7.99. The van der Waals surface area contributed by atoms with Gasteiger partial charge in [-0.25, -0.2) is 4.39 Å². The van der Waals surface area contributed by atoms with Crippen molar-refractivity contribution in [1.29, 1.82) is 0 Å². The number of rotatable bonds is 4. The van der Waals surface area contributed by atoms with Crippen molar-refractivity contribution in [3.8, 4) is 0 Å². The summed E-state index contributed by atoms with van der Waals surface area (Å²) in [7, 11) is 0. The van der Waals surface area contributed by atoms with Crippen LogP contribution in [0.25, 0.3) is 0 Å². The molecule has 2 nitrogen and oxygen atoms in total. The van der Waals surface area contributed by atoms with Crippen LogP contribution in [-0.2, 0) is 6.42 Å². The van der Waals surface area contributed by atoms with Gasteiger partial charge in [-0.15, -0.1) is 0 Å². The molecule has 0 saturated carbocycles. The Bertz CT molecular complexity index is 426. The van der Waals surface area contributed by atoms with E-state index in [1.54, 1.807) is 6.07 Å². The van der Waals surface area contributed by atoms with Crippen LogP contribution in [0.3, 0.4) is 0 Å². The molecular weight excluding hydrogens is 259 g/mol. The molecule has 1 aromatic rings. The first-order chi connectivity index (χ1) is 9.05. The lowest BCUT2D eigenvalue weighted by atomic mass is 9.90. The average Bonchev–Trinajstić information content (AvgIpc) is 2.41. The summed E-state index contributed by atoms with van der Waals surface area (Å²) in [5.74, 6) is 1.01. The second-order valence-corrected chi connectivity index (χ2v) is 7.14. The molecule has 0 aromatic heterocycles. The first-order valence-electron chi connectivity index (χ1n) is 6.85. The highest BCUT2D eigenvalue weighted by Gasteiger charge is 2.34. The van der Waals surface area contributed by atoms with Gasteiger partial charge in [0.1, 0.15) is 5.82 Å². The van der Waals surface area contributed by atoms with Crippen LogP contribution in [0.5, 0.6) is 0 Å². The smallest absolute Gasteiger partial charge is 0.126 e. The van der Waals surface area contributed by atoms with Gasteiger partial charge in [0, 0.05) is 36.2 Å². The number of hydrogen-bond acceptors (Lipinski definition) is 3. The molecule has 1 aliphatic rings. The van der Waals surface area contributed by atoms with Gasteiger partial charge in [0.15, 0.2) is 0 Å². The number of thioether (sulfide) groups is 1. The van der Waals surface area contributed by atoms with Crippen LogP contribution in [0, 0.1) is 5.82 Å². The van der Waals surface area contributed by atoms with Gasteiger partial charge in [0.05, 0.1) is 0 Å². The minimum Gasteiger partial charge on any atom is -0.329 e. The van der Waals surface area contributed by atoms with E-state index in [-0.39, 0.29) is 11.4 Å². The number of nitrogens with two attached hydrogens (primary N) is 1. The van der Waals surface area contributed by atoms with Gasteiger partial charge in [-0.3, -0.25) is 4.90 Å². The van der Waals surface area contributed by atoms with E-state index in [0.29, 0.717) is 18.2 Å². The molecule has 4 heteroatoms. The second kappa shape index (κ2) is 6.25. The Kier molecular flexibility index (Phi) is 4.87. The molecule has 106 valence electrons. The Morgan fingerprint density at radius 1 is 1.47 bits per heavy atom. The van der Waals surface area contributed by atoms with Crippen LogP contribution in [0.4, 0.5) is 4.39 Å². The van der Waals surface area contributed by atoms with Gasteiger partial charge in [-0.1, -0.05) is 25.1 Å². The maximum absolute atomic E-state index is 13.8. The molecule has 0 amide bonds. The predicted molar refractivity (Wildman–Crippen MR) is 81.1 cm³/mol. The van der Waals surface area contributed by atoms with Crippen LogP contribution in [0.1, 0.15) is 19.4 Å². The first-order valence-corrected chi connectivity index (χ1v) is 7.90. The van der Waals surface area contributed by atoms with E-state index in [1.807, 2.05) is 23.9 Å². The molecule has 0 bridgehead atoms. The quantitative estimate of drug-likeness (QED) is 0.920. The Morgan fingerprint density at radius 2 is 2.21 bits per heavy atom. The normalized spacial score (nSPS) is 24.1. The van der Waals surface area contributed by atoms with Crippen molar-refractivity contribution in [2.24, 2.45) is 5.73 Å². The molecule has 1 fully saturated rings. The Morgan fingerprint density at radius 3 is 2.84 bits per heavy atom. The van der Waals surface area contributed by atoms with Gasteiger partial charge in [0.2, 0.25) is 0 Å². The van der Waals surface area contributed by atoms with Crippen molar-refractivity contribution in [3.05, 3.63) is 35.6 Å². The van der Waals surface area contributed by atoms with Gasteiger partial charge in [0.25, 0.3) is 0 Å². The highest BCUT2D eigenvalue weighted by atomic mass is 32.2. The Labute approximate surface area is 119 Å². The van der Waals surface area contributed by atoms with Crippen LogP contribution >= 0.6 is 11.8 Å². The molecule has 2 N–H and O–H groups in total. The third kappa shape index (κ3) is 3.50. The fourth-order valence-corrected chi connectivity index (χ4v) is 3.69. The van der Waals surface area contributed by atoms with Crippen molar-refractivity contribution >= 4 is 11.8 Å². The highest BCUT2D eigenvalue weighted by Crippen LogP contribution is 2.27. The van der Waals surface area contributed by atoms with E-state index >= 15 is 0 Å². The molecule has 1 saturated heterocycles. The Hall–Kier alpha value is -0.580. The van der Waals surface area contributed by atoms with E-state index in [2.05, 4.69) is 18.7 Å². The maximum Gasteiger partial charge on any atom is 0.126 e. The van der Waals surface area contributed by atoms with Crippen LogP contribution < -0.4 is 5.73 Å². The summed E-state index contributed by atoms with van der Waals surface area (Å²) in [6.07, 6.45) is 0.674. The molecule has 1 heterocycles. The maximum atomic E-state index is 13.8. The lowest BCUT2D eigenvalue weighted by molar-refractivity contribution is 0.115. The van der Waals surface area contributed by atoms with E-state index in [0.717, 1.165) is 24.4 Å². The molecule has 1 aliphatic heterocycles. The van der Waals surface area contributed by atoms with E-state index < -0.39 is 0 Å². The lowest BCUT2D eigenvalue weighted by Gasteiger charge is -2.44. The van der Waals surface area contributed by atoms with Crippen molar-refractivity contribution in [3.63, 3.8) is 0 Å². The van der Waals surface area contributed by atoms with Gasteiger partial charge in [-0.05, 0) is 25.0 Å². The monoisotopic (exact) mass is 282 g/mol. The standard InChI is InChI=1S/C15H23FN2S/c1-12-10-18(7-8-19-12)15(2,11-17)9-13-5-3-4-6-14(13)16/h3-6,12H,7-11,17H2,1-2H3. The zero-order chi connectivity index (χ0) is 13.9. The molecule has 2 rings (SSSR count). The van der Waals surface area contributed by atoms with Crippen molar-refractivity contribution in [1.82, 2.24) is 4.90 Å². The molecule has 2 atom stereocenters. The van der Waals surface area contributed by atoms with Crippen molar-refractivity contribution < 1.29 is 4.39 Å². The van der Waals surface area contributed by atoms with Gasteiger partial charge < -0.3 is 5.73 Å². The van der Waals surface area contributed by atoms with E-state index in [4.69, 9.17) is 5.73 Å². The summed E-state index contributed by atoms with van der Waals surface area (Å²) in [5, 5.41) is 0.625. The molecule has 1 aromatic carbocycles. The number of benzene rings is 1. The zero-order valence-corrected chi connectivity index (χ0v) is 12.5. The van der Waals surface area contributed by atoms with E-state index in [9.17, 15) is 4.39 Å². The molecular formula is C15H23FN2S. The number of halogens is 1. The van der Waals surface area contributed by atoms with Crippen LogP contribution in [0.2, 0.25) is 0 Å². The number of nitrogens with zero attached hydrogens (tertiary/aromatic N) is 1. The summed E-state index contributed by atoms with van der Waals surface area (Å²) in [6.45, 7) is 7.03. The minimum atomic E-state index is -0.155. The third-order valence-electron chi connectivity index (χ3n) is 3.97. The fraction of sp³-hybridized carbons (Fsp3) is 0.600. The summed E-state index contributed by atoms with van der Waals surface area (Å²) in [4.78, 5) is 2.43. The molecule has 0 spiro atoms. The first kappa shape index (κ1) is 14.8. The molecule has 0 aliphatic carbocycles. The SMILES string of the molecule is CC1CN(C(C)(CN)Cc2ccccc2F)CCS1. The lowest BCUT2D eigenvalue weighted by Crippen LogP contribution is -2.57. The molecule has 0 radical (unpaired) electrons. The second-order valence-electron chi connectivity index (χ2n) is 5.60. The van der Waals surface area contributed by atoms with Crippen LogP contribution in [-0.4, -0.2) is 41.1 Å². The summed E-state index contributed by atoms with van der Waals surface area (Å²) < 4.78 is 13.8. The summed E-state index contributed by atoms with van der Waals surface area (Å²) in [6, 6.07) is 7.02. The van der Waals surface area contributed by atoms with Crippen LogP contribution in [0.15, 0.2) is 24.3 Å². The number of hydrogen-bond donors (Lipinski definition) is 1. The summed E-state index contributed by atoms with van der Waals surface area (Å²) >= 11 is 2.00. The average molecular weight is 282 g/mol. The van der Waals surface area contributed by atoms with E-state index in [1.165, 1.54) is 6.07 Å². The zero-order valence-electron chi connectivity index (χ0n) is 11.7. The topological polar surface area (TPSA) is 29.3 Å². The predicted octanol–water partition coefficient (Wildman–Crippen LogP) is 2.52. The van der Waals surface area contributed by atoms with Gasteiger partial charge >= 0.3 is 0 Å². The molecule has 2 unspecified atom stereocenters. The Balaban J connectivity index is 2.15. The minimum absolute atomic E-state index is 0.124. The third-order valence-corrected chi connectivity index (χ3v) is 5.11. The molecule has 19 heavy (non-hydrogen) atoms. The van der Waals surface area contributed by atoms with Crippen molar-refractivity contribution in [2.45, 2.75) is 31.1 Å². The largest absolute Gasteiger partial charge is 0.329 e. The summed E-state index contributed by atoms with van der Waals surface area (Å²) in [5.41, 5.74) is 6.62. The van der Waals surface area contributed by atoms with Crippen molar-refractivity contribution in [2.75, 3.05) is 25.4 Å². The van der Waals surface area contributed by atoms with Gasteiger partial charge in [-0.2, -0.15) is 11.8 Å². The fourth-order valence-electron chi connectivity index (χ4n) is 2.67.